The maximum Gasteiger partial charge on any atom is 0.119 e. The summed E-state index contributed by atoms with van der Waals surface area (Å²) in [5.74, 6) is 0.829. The van der Waals surface area contributed by atoms with Crippen molar-refractivity contribution < 1.29 is 4.74 Å². The molecular weight excluding hydrogens is 281 g/mol. The lowest BCUT2D eigenvalue weighted by Gasteiger charge is -2.15. The second-order valence-electron chi connectivity index (χ2n) is 4.15. The summed E-state index contributed by atoms with van der Waals surface area (Å²) in [7, 11) is 0. The van der Waals surface area contributed by atoms with Gasteiger partial charge in [-0.25, -0.2) is 0 Å². The third kappa shape index (κ3) is 3.41. The molecule has 0 bridgehead atoms. The van der Waals surface area contributed by atoms with Crippen molar-refractivity contribution in [3.8, 4) is 5.75 Å². The van der Waals surface area contributed by atoms with Crippen molar-refractivity contribution in [3.05, 3.63) is 63.6 Å². The molecule has 0 radical (unpaired) electrons. The number of hydrogen-bond acceptors (Lipinski definition) is 2. The molecule has 0 aliphatic heterocycles. The molecule has 0 saturated heterocycles. The number of benzene rings is 2. The molecule has 0 aliphatic carbocycles. The lowest BCUT2D eigenvalue weighted by Crippen LogP contribution is -2.12. The van der Waals surface area contributed by atoms with Crippen molar-refractivity contribution in [1.82, 2.24) is 0 Å². The molecule has 4 heteroatoms. The first-order valence-electron chi connectivity index (χ1n) is 6.05. The minimum Gasteiger partial charge on any atom is -0.494 e. The second-order valence-corrected chi connectivity index (χ2v) is 4.99. The molecule has 0 heterocycles. The van der Waals surface area contributed by atoms with E-state index in [0.29, 0.717) is 16.7 Å². The molecule has 2 N–H and O–H groups in total. The molecule has 2 rings (SSSR count). The van der Waals surface area contributed by atoms with Crippen LogP contribution in [0.3, 0.4) is 0 Å². The summed E-state index contributed by atoms with van der Waals surface area (Å²) in [6.45, 7) is 2.59. The van der Waals surface area contributed by atoms with E-state index in [9.17, 15) is 0 Å². The van der Waals surface area contributed by atoms with Gasteiger partial charge in [-0.15, -0.1) is 0 Å². The third-order valence-electron chi connectivity index (χ3n) is 2.84. The minimum absolute atomic E-state index is 0.304. The van der Waals surface area contributed by atoms with Crippen molar-refractivity contribution >= 4 is 23.2 Å². The van der Waals surface area contributed by atoms with Crippen molar-refractivity contribution in [3.63, 3.8) is 0 Å². The van der Waals surface area contributed by atoms with Crippen LogP contribution in [0.15, 0.2) is 42.5 Å². The molecule has 2 nitrogen and oxygen atoms in total. The van der Waals surface area contributed by atoms with Crippen LogP contribution in [0.2, 0.25) is 10.0 Å². The molecule has 0 spiro atoms. The number of halogens is 2. The number of nitrogens with two attached hydrogens (primary N) is 1. The Bertz CT molecular complexity index is 555. The van der Waals surface area contributed by atoms with E-state index in [-0.39, 0.29) is 6.04 Å². The van der Waals surface area contributed by atoms with Gasteiger partial charge in [0.1, 0.15) is 5.75 Å². The van der Waals surface area contributed by atoms with Crippen LogP contribution in [-0.2, 0) is 0 Å². The molecule has 0 fully saturated rings. The Hall–Kier alpha value is -1.22. The molecule has 1 atom stereocenters. The van der Waals surface area contributed by atoms with Crippen molar-refractivity contribution in [2.24, 2.45) is 5.73 Å². The normalized spacial score (nSPS) is 12.2. The first-order valence-corrected chi connectivity index (χ1v) is 6.80. The van der Waals surface area contributed by atoms with E-state index in [2.05, 4.69) is 0 Å². The van der Waals surface area contributed by atoms with E-state index in [4.69, 9.17) is 33.7 Å². The molecule has 1 unspecified atom stereocenters. The molecule has 100 valence electrons. The summed E-state index contributed by atoms with van der Waals surface area (Å²) >= 11 is 12.1. The predicted molar refractivity (Wildman–Crippen MR) is 80.1 cm³/mol. The van der Waals surface area contributed by atoms with E-state index >= 15 is 0 Å². The first kappa shape index (κ1) is 14.2. The third-order valence-corrected chi connectivity index (χ3v) is 3.42. The van der Waals surface area contributed by atoms with E-state index in [1.165, 1.54) is 0 Å². The maximum absolute atomic E-state index is 6.23. The number of rotatable bonds is 4. The lowest BCUT2D eigenvalue weighted by atomic mass is 9.99. The highest BCUT2D eigenvalue weighted by molar-refractivity contribution is 6.33. The smallest absolute Gasteiger partial charge is 0.119 e. The van der Waals surface area contributed by atoms with Gasteiger partial charge < -0.3 is 10.5 Å². The molecule has 0 saturated carbocycles. The number of ether oxygens (including phenoxy) is 1. The Morgan fingerprint density at radius 3 is 2.42 bits per heavy atom. The largest absolute Gasteiger partial charge is 0.494 e. The molecule has 0 aromatic heterocycles. The van der Waals surface area contributed by atoms with Gasteiger partial charge in [0.25, 0.3) is 0 Å². The van der Waals surface area contributed by atoms with Gasteiger partial charge in [0, 0.05) is 10.0 Å². The highest BCUT2D eigenvalue weighted by Crippen LogP contribution is 2.29. The fraction of sp³-hybridized carbons (Fsp3) is 0.200. The Morgan fingerprint density at radius 1 is 1.11 bits per heavy atom. The summed E-state index contributed by atoms with van der Waals surface area (Å²) in [5.41, 5.74) is 8.01. The van der Waals surface area contributed by atoms with E-state index in [1.807, 2.05) is 31.2 Å². The molecule has 19 heavy (non-hydrogen) atoms. The van der Waals surface area contributed by atoms with Gasteiger partial charge >= 0.3 is 0 Å². The van der Waals surface area contributed by atoms with Gasteiger partial charge in [-0.1, -0.05) is 35.3 Å². The fourth-order valence-electron chi connectivity index (χ4n) is 1.87. The van der Waals surface area contributed by atoms with E-state index in [0.717, 1.165) is 16.9 Å². The Labute approximate surface area is 123 Å². The zero-order chi connectivity index (χ0) is 13.8. The van der Waals surface area contributed by atoms with Crippen LogP contribution in [0.4, 0.5) is 0 Å². The standard InChI is InChI=1S/C15H15Cl2NO/c1-2-19-12-6-3-10(4-7-12)15(18)13-9-11(16)5-8-14(13)17/h3-9,15H,2,18H2,1H3. The van der Waals surface area contributed by atoms with Crippen molar-refractivity contribution in [2.75, 3.05) is 6.61 Å². The van der Waals surface area contributed by atoms with Crippen LogP contribution in [0.1, 0.15) is 24.1 Å². The number of hydrogen-bond donors (Lipinski definition) is 1. The highest BCUT2D eigenvalue weighted by atomic mass is 35.5. The van der Waals surface area contributed by atoms with Gasteiger partial charge in [-0.3, -0.25) is 0 Å². The molecular formula is C15H15Cl2NO. The zero-order valence-corrected chi connectivity index (χ0v) is 12.1. The SMILES string of the molecule is CCOc1ccc(C(N)c2cc(Cl)ccc2Cl)cc1. The molecule has 0 aliphatic rings. The van der Waals surface area contributed by atoms with Gasteiger partial charge in [-0.2, -0.15) is 0 Å². The minimum atomic E-state index is -0.304. The highest BCUT2D eigenvalue weighted by Gasteiger charge is 2.13. The van der Waals surface area contributed by atoms with Gasteiger partial charge in [0.2, 0.25) is 0 Å². The van der Waals surface area contributed by atoms with Crippen LogP contribution in [0.25, 0.3) is 0 Å². The van der Waals surface area contributed by atoms with Crippen LogP contribution in [0.5, 0.6) is 5.75 Å². The predicted octanol–water partition coefficient (Wildman–Crippen LogP) is 4.44. The van der Waals surface area contributed by atoms with Crippen molar-refractivity contribution in [1.29, 1.82) is 0 Å². The summed E-state index contributed by atoms with van der Waals surface area (Å²) in [6, 6.07) is 12.7. The second kappa shape index (κ2) is 6.29. The average molecular weight is 296 g/mol. The maximum atomic E-state index is 6.23. The Morgan fingerprint density at radius 2 is 1.79 bits per heavy atom. The topological polar surface area (TPSA) is 35.2 Å². The quantitative estimate of drug-likeness (QED) is 0.905. The van der Waals surface area contributed by atoms with Crippen LogP contribution < -0.4 is 10.5 Å². The summed E-state index contributed by atoms with van der Waals surface area (Å²) in [5, 5.41) is 1.24. The van der Waals surface area contributed by atoms with E-state index < -0.39 is 0 Å². The van der Waals surface area contributed by atoms with Gasteiger partial charge in [0.05, 0.1) is 12.6 Å². The van der Waals surface area contributed by atoms with Gasteiger partial charge in [-0.05, 0) is 48.4 Å². The Kier molecular flexibility index (Phi) is 4.70. The lowest BCUT2D eigenvalue weighted by molar-refractivity contribution is 0.340. The first-order chi connectivity index (χ1) is 9.11. The molecule has 0 amide bonds. The monoisotopic (exact) mass is 295 g/mol. The molecule has 2 aromatic rings. The summed E-state index contributed by atoms with van der Waals surface area (Å²) in [6.07, 6.45) is 0. The van der Waals surface area contributed by atoms with Gasteiger partial charge in [0.15, 0.2) is 0 Å². The van der Waals surface area contributed by atoms with E-state index in [1.54, 1.807) is 18.2 Å². The van der Waals surface area contributed by atoms with Crippen LogP contribution in [0, 0.1) is 0 Å². The summed E-state index contributed by atoms with van der Waals surface area (Å²) in [4.78, 5) is 0. The molecule has 2 aromatic carbocycles. The zero-order valence-electron chi connectivity index (χ0n) is 10.6. The average Bonchev–Trinajstić information content (AvgIpc) is 2.42. The Balaban J connectivity index is 2.27. The van der Waals surface area contributed by atoms with Crippen LogP contribution in [-0.4, -0.2) is 6.61 Å². The van der Waals surface area contributed by atoms with Crippen molar-refractivity contribution in [2.45, 2.75) is 13.0 Å². The summed E-state index contributed by atoms with van der Waals surface area (Å²) < 4.78 is 5.40. The fourth-order valence-corrected chi connectivity index (χ4v) is 2.29. The van der Waals surface area contributed by atoms with Crippen LogP contribution >= 0.6 is 23.2 Å².